The minimum Gasteiger partial charge on any atom is -0.294 e. The summed E-state index contributed by atoms with van der Waals surface area (Å²) in [5.41, 5.74) is 3.33. The third-order valence-electron chi connectivity index (χ3n) is 3.30. The average molecular weight is 218 g/mol. The minimum atomic E-state index is 0.109. The van der Waals surface area contributed by atoms with Gasteiger partial charge < -0.3 is 0 Å². The third-order valence-corrected chi connectivity index (χ3v) is 3.30. The summed E-state index contributed by atoms with van der Waals surface area (Å²) in [6.07, 6.45) is 6.04. The molecule has 88 valence electrons. The highest BCUT2D eigenvalue weighted by Crippen LogP contribution is 2.34. The Morgan fingerprint density at radius 1 is 1.50 bits per heavy atom. The molecular formula is C15H22O. The number of carbonyl (C=O) groups excluding carboxylic acids is 1. The van der Waals surface area contributed by atoms with Crippen LogP contribution in [-0.4, -0.2) is 5.78 Å². The fourth-order valence-corrected chi connectivity index (χ4v) is 2.22. The Labute approximate surface area is 98.9 Å². The van der Waals surface area contributed by atoms with Crippen LogP contribution in [0.4, 0.5) is 0 Å². The zero-order valence-electron chi connectivity index (χ0n) is 10.8. The molecule has 0 aromatic carbocycles. The smallest absolute Gasteiger partial charge is 0.162 e. The molecule has 1 aliphatic rings. The lowest BCUT2D eigenvalue weighted by Gasteiger charge is -2.29. The van der Waals surface area contributed by atoms with Crippen LogP contribution in [0.25, 0.3) is 0 Å². The summed E-state index contributed by atoms with van der Waals surface area (Å²) in [6, 6.07) is 0. The lowest BCUT2D eigenvalue weighted by atomic mass is 9.74. The SMILES string of the molecule is C=C(C)[C@H]1CC=C(C)C(=O)[C@H]1CC=C(C)C. The largest absolute Gasteiger partial charge is 0.294 e. The molecule has 0 aromatic heterocycles. The van der Waals surface area contributed by atoms with Crippen LogP contribution in [0, 0.1) is 11.8 Å². The fraction of sp³-hybridized carbons (Fsp3) is 0.533. The Kier molecular flexibility index (Phi) is 4.28. The number of ketones is 1. The monoisotopic (exact) mass is 218 g/mol. The van der Waals surface area contributed by atoms with Crippen LogP contribution in [-0.2, 0) is 4.79 Å². The van der Waals surface area contributed by atoms with E-state index in [9.17, 15) is 4.79 Å². The first-order chi connectivity index (χ1) is 7.43. The van der Waals surface area contributed by atoms with Crippen molar-refractivity contribution in [3.05, 3.63) is 35.5 Å². The highest BCUT2D eigenvalue weighted by atomic mass is 16.1. The molecule has 0 unspecified atom stereocenters. The van der Waals surface area contributed by atoms with E-state index in [1.165, 1.54) is 5.57 Å². The van der Waals surface area contributed by atoms with E-state index in [1.54, 1.807) is 0 Å². The molecule has 0 heterocycles. The first-order valence-corrected chi connectivity index (χ1v) is 5.93. The topological polar surface area (TPSA) is 17.1 Å². The molecular weight excluding hydrogens is 196 g/mol. The zero-order valence-corrected chi connectivity index (χ0v) is 10.8. The van der Waals surface area contributed by atoms with Gasteiger partial charge in [-0.15, -0.1) is 0 Å². The molecule has 0 aliphatic heterocycles. The Morgan fingerprint density at radius 3 is 2.62 bits per heavy atom. The van der Waals surface area contributed by atoms with Gasteiger partial charge >= 0.3 is 0 Å². The van der Waals surface area contributed by atoms with E-state index in [1.807, 2.05) is 13.8 Å². The second-order valence-corrected chi connectivity index (χ2v) is 5.06. The number of Topliss-reactive ketones (excluding diaryl/α,β-unsaturated/α-hetero) is 1. The summed E-state index contributed by atoms with van der Waals surface area (Å²) in [7, 11) is 0. The normalized spacial score (nSPS) is 25.0. The summed E-state index contributed by atoms with van der Waals surface area (Å²) in [6.45, 7) is 12.1. The molecule has 0 saturated carbocycles. The van der Waals surface area contributed by atoms with Crippen molar-refractivity contribution in [3.8, 4) is 0 Å². The zero-order chi connectivity index (χ0) is 12.3. The van der Waals surface area contributed by atoms with Crippen LogP contribution in [0.5, 0.6) is 0 Å². The van der Waals surface area contributed by atoms with Gasteiger partial charge in [0.1, 0.15) is 0 Å². The first kappa shape index (κ1) is 13.0. The molecule has 0 amide bonds. The summed E-state index contributed by atoms with van der Waals surface area (Å²) < 4.78 is 0. The lowest BCUT2D eigenvalue weighted by molar-refractivity contribution is -0.120. The molecule has 0 spiro atoms. The minimum absolute atomic E-state index is 0.109. The van der Waals surface area contributed by atoms with E-state index >= 15 is 0 Å². The second-order valence-electron chi connectivity index (χ2n) is 5.06. The molecule has 0 saturated heterocycles. The van der Waals surface area contributed by atoms with Crippen molar-refractivity contribution in [2.45, 2.75) is 40.5 Å². The highest BCUT2D eigenvalue weighted by molar-refractivity contribution is 5.98. The van der Waals surface area contributed by atoms with Gasteiger partial charge in [-0.25, -0.2) is 0 Å². The molecule has 1 nitrogen and oxygen atoms in total. The maximum absolute atomic E-state index is 12.1. The van der Waals surface area contributed by atoms with Gasteiger partial charge in [-0.1, -0.05) is 29.9 Å². The number of hydrogen-bond acceptors (Lipinski definition) is 1. The number of rotatable bonds is 3. The van der Waals surface area contributed by atoms with Crippen LogP contribution < -0.4 is 0 Å². The van der Waals surface area contributed by atoms with E-state index in [0.717, 1.165) is 24.0 Å². The van der Waals surface area contributed by atoms with Gasteiger partial charge in [-0.3, -0.25) is 4.79 Å². The van der Waals surface area contributed by atoms with Crippen molar-refractivity contribution >= 4 is 5.78 Å². The van der Waals surface area contributed by atoms with Crippen molar-refractivity contribution in [2.24, 2.45) is 11.8 Å². The van der Waals surface area contributed by atoms with Crippen molar-refractivity contribution in [3.63, 3.8) is 0 Å². The molecule has 0 bridgehead atoms. The molecule has 0 radical (unpaired) electrons. The summed E-state index contributed by atoms with van der Waals surface area (Å²) in [4.78, 5) is 12.1. The summed E-state index contributed by atoms with van der Waals surface area (Å²) in [5.74, 6) is 0.737. The Morgan fingerprint density at radius 2 is 2.12 bits per heavy atom. The first-order valence-electron chi connectivity index (χ1n) is 5.93. The maximum Gasteiger partial charge on any atom is 0.162 e. The third kappa shape index (κ3) is 2.94. The van der Waals surface area contributed by atoms with Crippen LogP contribution >= 0.6 is 0 Å². The maximum atomic E-state index is 12.1. The van der Waals surface area contributed by atoms with Gasteiger partial charge in [0.15, 0.2) is 5.78 Å². The predicted molar refractivity (Wildman–Crippen MR) is 69.2 cm³/mol. The standard InChI is InChI=1S/C15H22O/c1-10(2)6-8-14-13(11(3)4)9-7-12(5)15(14)16/h6-7,13-14H,3,8-9H2,1-2,4-5H3/t13-,14+/m1/s1. The number of allylic oxidation sites excluding steroid dienone is 5. The van der Waals surface area contributed by atoms with Crippen LogP contribution in [0.3, 0.4) is 0 Å². The molecule has 0 fully saturated rings. The van der Waals surface area contributed by atoms with Gasteiger partial charge in [0.05, 0.1) is 0 Å². The van der Waals surface area contributed by atoms with Crippen molar-refractivity contribution in [1.82, 2.24) is 0 Å². The highest BCUT2D eigenvalue weighted by Gasteiger charge is 2.31. The van der Waals surface area contributed by atoms with E-state index in [2.05, 4.69) is 32.6 Å². The Balaban J connectivity index is 2.90. The lowest BCUT2D eigenvalue weighted by Crippen LogP contribution is -2.28. The summed E-state index contributed by atoms with van der Waals surface area (Å²) in [5, 5.41) is 0. The van der Waals surface area contributed by atoms with Gasteiger partial charge in [-0.2, -0.15) is 0 Å². The average Bonchev–Trinajstić information content (AvgIpc) is 2.19. The number of hydrogen-bond donors (Lipinski definition) is 0. The Bertz CT molecular complexity index is 354. The van der Waals surface area contributed by atoms with Crippen LogP contribution in [0.2, 0.25) is 0 Å². The van der Waals surface area contributed by atoms with Crippen LogP contribution in [0.15, 0.2) is 35.5 Å². The predicted octanol–water partition coefficient (Wildman–Crippen LogP) is 4.07. The molecule has 1 heteroatoms. The molecule has 2 atom stereocenters. The summed E-state index contributed by atoms with van der Waals surface area (Å²) >= 11 is 0. The van der Waals surface area contributed by atoms with Crippen molar-refractivity contribution in [1.29, 1.82) is 0 Å². The quantitative estimate of drug-likeness (QED) is 0.653. The van der Waals surface area contributed by atoms with E-state index < -0.39 is 0 Å². The van der Waals surface area contributed by atoms with Crippen molar-refractivity contribution < 1.29 is 4.79 Å². The Hall–Kier alpha value is -1.11. The van der Waals surface area contributed by atoms with E-state index in [-0.39, 0.29) is 5.92 Å². The molecule has 1 rings (SSSR count). The van der Waals surface area contributed by atoms with Gasteiger partial charge in [0.25, 0.3) is 0 Å². The van der Waals surface area contributed by atoms with Gasteiger partial charge in [-0.05, 0) is 52.0 Å². The van der Waals surface area contributed by atoms with Crippen LogP contribution in [0.1, 0.15) is 40.5 Å². The van der Waals surface area contributed by atoms with Crippen molar-refractivity contribution in [2.75, 3.05) is 0 Å². The second kappa shape index (κ2) is 5.29. The molecule has 1 aliphatic carbocycles. The number of carbonyl (C=O) groups is 1. The molecule has 0 N–H and O–H groups in total. The van der Waals surface area contributed by atoms with Gasteiger partial charge in [0, 0.05) is 5.92 Å². The van der Waals surface area contributed by atoms with E-state index in [4.69, 9.17) is 0 Å². The van der Waals surface area contributed by atoms with Gasteiger partial charge in [0.2, 0.25) is 0 Å². The molecule has 0 aromatic rings. The fourth-order valence-electron chi connectivity index (χ4n) is 2.22. The van der Waals surface area contributed by atoms with E-state index in [0.29, 0.717) is 11.7 Å². The molecule has 16 heavy (non-hydrogen) atoms.